The first kappa shape index (κ1) is 22.8. The number of hydrogen-bond acceptors (Lipinski definition) is 4. The molecule has 0 bridgehead atoms. The number of carbonyl (C=O) groups is 1. The maximum absolute atomic E-state index is 14.3. The summed E-state index contributed by atoms with van der Waals surface area (Å²) < 4.78 is 55.7. The summed E-state index contributed by atoms with van der Waals surface area (Å²) in [5.74, 6) is 0.144. The van der Waals surface area contributed by atoms with Gasteiger partial charge in [-0.15, -0.1) is 6.42 Å². The quantitative estimate of drug-likeness (QED) is 0.545. The van der Waals surface area contributed by atoms with E-state index in [1.165, 1.54) is 40.2 Å². The minimum absolute atomic E-state index is 0.0436. The molecule has 10 heteroatoms. The molecule has 1 amide bonds. The van der Waals surface area contributed by atoms with Crippen molar-refractivity contribution >= 4 is 37.5 Å². The van der Waals surface area contributed by atoms with E-state index in [1.807, 2.05) is 0 Å². The number of fused-ring (bicyclic) bond motifs is 1. The molecule has 0 N–H and O–H groups in total. The summed E-state index contributed by atoms with van der Waals surface area (Å²) in [6, 6.07) is 7.01. The smallest absolute Gasteiger partial charge is 0.279 e. The van der Waals surface area contributed by atoms with Gasteiger partial charge in [0.1, 0.15) is 5.82 Å². The summed E-state index contributed by atoms with van der Waals surface area (Å²) in [6.07, 6.45) is 5.35. The summed E-state index contributed by atoms with van der Waals surface area (Å²) in [5, 5.41) is 0. The summed E-state index contributed by atoms with van der Waals surface area (Å²) in [5.41, 5.74) is 0.205. The molecule has 0 aliphatic heterocycles. The molecule has 162 valence electrons. The molecule has 0 saturated carbocycles. The maximum Gasteiger partial charge on any atom is 0.279 e. The second-order valence-electron chi connectivity index (χ2n) is 6.97. The van der Waals surface area contributed by atoms with Crippen molar-refractivity contribution in [2.45, 2.75) is 31.3 Å². The fraction of sp³-hybridized carbons (Fsp3) is 0.238. The molecule has 31 heavy (non-hydrogen) atoms. The molecule has 3 rings (SSSR count). The maximum atomic E-state index is 14.3. The predicted octanol–water partition coefficient (Wildman–Crippen LogP) is 3.38. The number of thiazole rings is 1. The lowest BCUT2D eigenvalue weighted by Crippen LogP contribution is -2.33. The number of terminal acetylenes is 1. The number of hydrogen-bond donors (Lipinski definition) is 0. The Morgan fingerprint density at radius 1 is 1.26 bits per heavy atom. The molecular formula is C21H19F2N3O3S2. The lowest BCUT2D eigenvalue weighted by Gasteiger charge is -2.20. The molecule has 0 radical (unpaired) electrons. The number of sulfonamides is 1. The monoisotopic (exact) mass is 463 g/mol. The van der Waals surface area contributed by atoms with Crippen molar-refractivity contribution in [3.8, 4) is 12.3 Å². The number of benzene rings is 2. The third kappa shape index (κ3) is 4.44. The van der Waals surface area contributed by atoms with Crippen LogP contribution in [0.2, 0.25) is 0 Å². The zero-order valence-electron chi connectivity index (χ0n) is 17.0. The second kappa shape index (κ2) is 8.70. The largest absolute Gasteiger partial charge is 0.302 e. The van der Waals surface area contributed by atoms with Crippen molar-refractivity contribution in [3.05, 3.63) is 58.4 Å². The Balaban J connectivity index is 2.03. The zero-order chi connectivity index (χ0) is 22.9. The van der Waals surface area contributed by atoms with E-state index in [2.05, 4.69) is 10.9 Å². The number of halogens is 2. The third-order valence-corrected chi connectivity index (χ3v) is 7.72. The lowest BCUT2D eigenvalue weighted by molar-refractivity contribution is 0.0997. The van der Waals surface area contributed by atoms with E-state index in [0.717, 1.165) is 23.5 Å². The zero-order valence-corrected chi connectivity index (χ0v) is 18.6. The minimum Gasteiger partial charge on any atom is -0.302 e. The summed E-state index contributed by atoms with van der Waals surface area (Å²) in [7, 11) is -2.22. The SMILES string of the molecule is C#CCn1c(=NC(=O)c2ccc(S(=O)(=O)N(C)C(C)C)cc2)sc2cc(F)cc(F)c21. The van der Waals surface area contributed by atoms with Crippen LogP contribution in [0.1, 0.15) is 24.2 Å². The van der Waals surface area contributed by atoms with Gasteiger partial charge in [-0.2, -0.15) is 9.30 Å². The molecule has 0 atom stereocenters. The van der Waals surface area contributed by atoms with Gasteiger partial charge in [0.25, 0.3) is 5.91 Å². The van der Waals surface area contributed by atoms with Crippen LogP contribution in [-0.2, 0) is 16.6 Å². The Morgan fingerprint density at radius 2 is 1.90 bits per heavy atom. The average molecular weight is 464 g/mol. The molecule has 0 spiro atoms. The van der Waals surface area contributed by atoms with Crippen LogP contribution in [0.25, 0.3) is 10.2 Å². The van der Waals surface area contributed by atoms with E-state index in [4.69, 9.17) is 6.42 Å². The van der Waals surface area contributed by atoms with E-state index in [-0.39, 0.29) is 38.1 Å². The van der Waals surface area contributed by atoms with Gasteiger partial charge >= 0.3 is 0 Å². The molecule has 0 saturated heterocycles. The Bertz CT molecular complexity index is 1370. The highest BCUT2D eigenvalue weighted by Gasteiger charge is 2.23. The average Bonchev–Trinajstić information content (AvgIpc) is 3.04. The number of amides is 1. The Hall–Kier alpha value is -2.87. The van der Waals surface area contributed by atoms with E-state index in [1.54, 1.807) is 13.8 Å². The van der Waals surface area contributed by atoms with Crippen molar-refractivity contribution in [1.29, 1.82) is 0 Å². The minimum atomic E-state index is -3.69. The van der Waals surface area contributed by atoms with Crippen molar-refractivity contribution in [3.63, 3.8) is 0 Å². The van der Waals surface area contributed by atoms with E-state index in [9.17, 15) is 22.0 Å². The third-order valence-electron chi connectivity index (χ3n) is 4.65. The van der Waals surface area contributed by atoms with E-state index >= 15 is 0 Å². The molecule has 0 unspecified atom stereocenters. The Kier molecular flexibility index (Phi) is 6.40. The van der Waals surface area contributed by atoms with E-state index in [0.29, 0.717) is 0 Å². The molecule has 0 aliphatic carbocycles. The number of rotatable bonds is 5. The van der Waals surface area contributed by atoms with Crippen LogP contribution < -0.4 is 4.80 Å². The fourth-order valence-electron chi connectivity index (χ4n) is 2.82. The number of carbonyl (C=O) groups excluding carboxylic acids is 1. The van der Waals surface area contributed by atoms with Gasteiger partial charge in [-0.3, -0.25) is 4.79 Å². The van der Waals surface area contributed by atoms with Gasteiger partial charge in [-0.1, -0.05) is 17.3 Å². The topological polar surface area (TPSA) is 71.7 Å². The van der Waals surface area contributed by atoms with Crippen molar-refractivity contribution in [2.75, 3.05) is 7.05 Å². The van der Waals surface area contributed by atoms with Crippen LogP contribution in [0.15, 0.2) is 46.3 Å². The molecule has 3 aromatic rings. The van der Waals surface area contributed by atoms with Crippen LogP contribution in [0.4, 0.5) is 8.78 Å². The molecular weight excluding hydrogens is 444 g/mol. The van der Waals surface area contributed by atoms with Gasteiger partial charge in [0, 0.05) is 24.7 Å². The highest BCUT2D eigenvalue weighted by Crippen LogP contribution is 2.22. The molecule has 0 fully saturated rings. The summed E-state index contributed by atoms with van der Waals surface area (Å²) in [4.78, 5) is 16.8. The molecule has 1 heterocycles. The molecule has 0 aliphatic rings. The van der Waals surface area contributed by atoms with Gasteiger partial charge < -0.3 is 4.57 Å². The number of aromatic nitrogens is 1. The normalized spacial score (nSPS) is 12.6. The first-order valence-corrected chi connectivity index (χ1v) is 11.4. The Labute approximate surface area is 182 Å². The summed E-state index contributed by atoms with van der Waals surface area (Å²) >= 11 is 0.927. The summed E-state index contributed by atoms with van der Waals surface area (Å²) in [6.45, 7) is 3.44. The highest BCUT2D eigenvalue weighted by atomic mass is 32.2. The van der Waals surface area contributed by atoms with Crippen LogP contribution >= 0.6 is 11.3 Å². The second-order valence-corrected chi connectivity index (χ2v) is 9.97. The lowest BCUT2D eigenvalue weighted by atomic mass is 10.2. The standard InChI is InChI=1S/C21H19F2N3O3S2/c1-5-10-26-19-17(23)11-15(22)12-18(19)30-21(26)24-20(27)14-6-8-16(9-7-14)31(28,29)25(4)13(2)3/h1,6-9,11-13H,10H2,2-4H3. The van der Waals surface area contributed by atoms with Gasteiger partial charge in [-0.25, -0.2) is 17.2 Å². The van der Waals surface area contributed by atoms with Crippen LogP contribution in [0, 0.1) is 24.0 Å². The van der Waals surface area contributed by atoms with Crippen molar-refractivity contribution in [2.24, 2.45) is 4.99 Å². The fourth-order valence-corrected chi connectivity index (χ4v) is 5.25. The number of nitrogens with zero attached hydrogens (tertiary/aromatic N) is 3. The molecule has 6 nitrogen and oxygen atoms in total. The van der Waals surface area contributed by atoms with Crippen LogP contribution in [0.5, 0.6) is 0 Å². The Morgan fingerprint density at radius 3 is 2.48 bits per heavy atom. The van der Waals surface area contributed by atoms with Gasteiger partial charge in [0.15, 0.2) is 10.6 Å². The van der Waals surface area contributed by atoms with Crippen LogP contribution in [-0.4, -0.2) is 36.3 Å². The van der Waals surface area contributed by atoms with Gasteiger partial charge in [0.05, 0.1) is 21.7 Å². The first-order chi connectivity index (χ1) is 14.6. The van der Waals surface area contributed by atoms with Gasteiger partial charge in [0.2, 0.25) is 10.0 Å². The van der Waals surface area contributed by atoms with E-state index < -0.39 is 27.6 Å². The predicted molar refractivity (Wildman–Crippen MR) is 115 cm³/mol. The van der Waals surface area contributed by atoms with Crippen molar-refractivity contribution < 1.29 is 22.0 Å². The van der Waals surface area contributed by atoms with Crippen LogP contribution in [0.3, 0.4) is 0 Å². The first-order valence-electron chi connectivity index (χ1n) is 9.15. The van der Waals surface area contributed by atoms with Gasteiger partial charge in [-0.05, 0) is 44.2 Å². The highest BCUT2D eigenvalue weighted by molar-refractivity contribution is 7.89. The molecule has 2 aromatic carbocycles. The van der Waals surface area contributed by atoms with Crippen molar-refractivity contribution in [1.82, 2.24) is 8.87 Å². The molecule has 1 aromatic heterocycles.